The summed E-state index contributed by atoms with van der Waals surface area (Å²) in [6.07, 6.45) is 9.68. The van der Waals surface area contributed by atoms with Crippen LogP contribution in [-0.4, -0.2) is 20.0 Å². The number of rotatable bonds is 4. The summed E-state index contributed by atoms with van der Waals surface area (Å²) >= 11 is 0. The molecule has 1 aromatic carbocycles. The van der Waals surface area contributed by atoms with Crippen LogP contribution in [-0.2, 0) is 36.7 Å². The minimum Gasteiger partial charge on any atom is -0.307 e. The number of carbonyl (C=O) groups is 1. The number of hydrogen-bond acceptors (Lipinski definition) is 3. The van der Waals surface area contributed by atoms with Crippen LogP contribution in [0.5, 0.6) is 0 Å². The van der Waals surface area contributed by atoms with Gasteiger partial charge in [0.1, 0.15) is 0 Å². The summed E-state index contributed by atoms with van der Waals surface area (Å²) in [6, 6.07) is 2.09. The number of aromatic nitrogens is 2. The van der Waals surface area contributed by atoms with E-state index in [9.17, 15) is 9.00 Å². The average Bonchev–Trinajstić information content (AvgIpc) is 3.34. The fraction of sp³-hybridized carbons (Fsp3) is 0.474. The van der Waals surface area contributed by atoms with Gasteiger partial charge in [0.05, 0.1) is 11.1 Å². The van der Waals surface area contributed by atoms with E-state index >= 15 is 0 Å². The normalized spacial score (nSPS) is 16.4. The molecule has 0 radical (unpaired) electrons. The number of hydrogen-bond donors (Lipinski definition) is 2. The van der Waals surface area contributed by atoms with Crippen LogP contribution in [0.2, 0.25) is 0 Å². The average molecular weight is 372 g/mol. The predicted octanol–water partition coefficient (Wildman–Crippen LogP) is 3.29. The van der Waals surface area contributed by atoms with Gasteiger partial charge in [-0.1, -0.05) is 6.07 Å². The van der Waals surface area contributed by atoms with Gasteiger partial charge in [-0.2, -0.15) is 5.10 Å². The molecule has 0 bridgehead atoms. The standard InChI is InChI=1S/C19H24N4O2S/c1-12(2)23-11-15(10-20-23)26(25)22-19(24)21-18-16-7-3-5-13(16)9-14-6-4-8-17(14)18/h9-12H,3-8H2,1-2H3,(H2,21,22,24). The lowest BCUT2D eigenvalue weighted by atomic mass is 9.99. The highest BCUT2D eigenvalue weighted by molar-refractivity contribution is 7.83. The largest absolute Gasteiger partial charge is 0.331 e. The maximum atomic E-state index is 12.5. The number of amides is 2. The quantitative estimate of drug-likeness (QED) is 0.865. The molecule has 4 rings (SSSR count). The fourth-order valence-electron chi connectivity index (χ4n) is 3.95. The Kier molecular flexibility index (Phi) is 4.56. The van der Waals surface area contributed by atoms with Crippen LogP contribution in [0.3, 0.4) is 0 Å². The Morgan fingerprint density at radius 1 is 1.15 bits per heavy atom. The predicted molar refractivity (Wildman–Crippen MR) is 102 cm³/mol. The Bertz CT molecular complexity index is 856. The summed E-state index contributed by atoms with van der Waals surface area (Å²) in [5.41, 5.74) is 6.21. The van der Waals surface area contributed by atoms with E-state index in [1.54, 1.807) is 10.9 Å². The van der Waals surface area contributed by atoms with E-state index < -0.39 is 17.0 Å². The number of aryl methyl sites for hydroxylation is 2. The lowest BCUT2D eigenvalue weighted by molar-refractivity contribution is 0.257. The molecular formula is C19H24N4O2S. The van der Waals surface area contributed by atoms with Crippen LogP contribution >= 0.6 is 0 Å². The fourth-order valence-corrected chi connectivity index (χ4v) is 4.63. The van der Waals surface area contributed by atoms with Gasteiger partial charge >= 0.3 is 6.03 Å². The summed E-state index contributed by atoms with van der Waals surface area (Å²) in [4.78, 5) is 13.0. The smallest absolute Gasteiger partial charge is 0.307 e. The molecule has 2 aromatic rings. The summed E-state index contributed by atoms with van der Waals surface area (Å²) in [7, 11) is -1.62. The van der Waals surface area contributed by atoms with Crippen LogP contribution in [0.1, 0.15) is 55.0 Å². The van der Waals surface area contributed by atoms with Crippen LogP contribution in [0.15, 0.2) is 23.4 Å². The van der Waals surface area contributed by atoms with Gasteiger partial charge in [-0.05, 0) is 74.6 Å². The molecule has 1 heterocycles. The number of carbonyl (C=O) groups excluding carboxylic acids is 1. The molecule has 0 spiro atoms. The maximum Gasteiger partial charge on any atom is 0.331 e. The number of benzene rings is 1. The van der Waals surface area contributed by atoms with E-state index in [4.69, 9.17) is 0 Å². The number of nitrogens with zero attached hydrogens (tertiary/aromatic N) is 2. The zero-order valence-electron chi connectivity index (χ0n) is 15.2. The van der Waals surface area contributed by atoms with Crippen molar-refractivity contribution in [3.63, 3.8) is 0 Å². The van der Waals surface area contributed by atoms with E-state index in [0.29, 0.717) is 4.90 Å². The van der Waals surface area contributed by atoms with Crippen molar-refractivity contribution in [1.82, 2.24) is 14.5 Å². The van der Waals surface area contributed by atoms with Crippen molar-refractivity contribution in [3.8, 4) is 0 Å². The number of anilines is 1. The molecule has 26 heavy (non-hydrogen) atoms. The van der Waals surface area contributed by atoms with Crippen molar-refractivity contribution >= 4 is 22.7 Å². The zero-order chi connectivity index (χ0) is 18.3. The molecule has 2 aliphatic carbocycles. The molecule has 138 valence electrons. The Labute approximate surface area is 156 Å². The molecule has 7 heteroatoms. The van der Waals surface area contributed by atoms with E-state index in [0.717, 1.165) is 44.2 Å². The van der Waals surface area contributed by atoms with E-state index in [-0.39, 0.29) is 6.04 Å². The minimum absolute atomic E-state index is 0.184. The Morgan fingerprint density at radius 3 is 2.38 bits per heavy atom. The van der Waals surface area contributed by atoms with Crippen molar-refractivity contribution in [2.75, 3.05) is 5.32 Å². The highest BCUT2D eigenvalue weighted by Gasteiger charge is 2.25. The van der Waals surface area contributed by atoms with Crippen molar-refractivity contribution < 1.29 is 9.00 Å². The molecule has 1 atom stereocenters. The van der Waals surface area contributed by atoms with E-state index in [1.165, 1.54) is 28.5 Å². The number of urea groups is 1. The third-order valence-corrected chi connectivity index (χ3v) is 6.23. The van der Waals surface area contributed by atoms with Gasteiger partial charge < -0.3 is 5.32 Å². The number of fused-ring (bicyclic) bond motifs is 2. The van der Waals surface area contributed by atoms with Crippen molar-refractivity contribution in [2.24, 2.45) is 0 Å². The highest BCUT2D eigenvalue weighted by atomic mass is 32.2. The Hall–Kier alpha value is -2.15. The Morgan fingerprint density at radius 2 is 1.81 bits per heavy atom. The Balaban J connectivity index is 1.51. The summed E-state index contributed by atoms with van der Waals surface area (Å²) < 4.78 is 16.7. The van der Waals surface area contributed by atoms with Gasteiger partial charge in [0.15, 0.2) is 11.0 Å². The second kappa shape index (κ2) is 6.87. The minimum atomic E-state index is -1.62. The molecule has 2 amide bonds. The van der Waals surface area contributed by atoms with Crippen molar-refractivity contribution in [3.05, 3.63) is 40.7 Å². The molecule has 2 N–H and O–H groups in total. The third-order valence-electron chi connectivity index (χ3n) is 5.22. The van der Waals surface area contributed by atoms with Crippen LogP contribution < -0.4 is 10.0 Å². The second-order valence-corrected chi connectivity index (χ2v) is 8.52. The topological polar surface area (TPSA) is 76.0 Å². The summed E-state index contributed by atoms with van der Waals surface area (Å²) in [5.74, 6) is 0. The maximum absolute atomic E-state index is 12.5. The van der Waals surface area contributed by atoms with Gasteiger partial charge in [-0.3, -0.25) is 9.40 Å². The van der Waals surface area contributed by atoms with E-state index in [2.05, 4.69) is 21.2 Å². The monoisotopic (exact) mass is 372 g/mol. The second-order valence-electron chi connectivity index (χ2n) is 7.31. The van der Waals surface area contributed by atoms with Gasteiger partial charge in [0.2, 0.25) is 0 Å². The molecule has 1 aromatic heterocycles. The first-order valence-corrected chi connectivity index (χ1v) is 10.4. The number of nitrogens with one attached hydrogen (secondary N) is 2. The van der Waals surface area contributed by atoms with Crippen LogP contribution in [0.25, 0.3) is 0 Å². The highest BCUT2D eigenvalue weighted by Crippen LogP contribution is 2.38. The lowest BCUT2D eigenvalue weighted by Crippen LogP contribution is -2.31. The van der Waals surface area contributed by atoms with E-state index in [1.807, 2.05) is 13.8 Å². The van der Waals surface area contributed by atoms with Gasteiger partial charge in [0, 0.05) is 17.9 Å². The van der Waals surface area contributed by atoms with Gasteiger partial charge in [-0.25, -0.2) is 9.00 Å². The van der Waals surface area contributed by atoms with Crippen molar-refractivity contribution in [1.29, 1.82) is 0 Å². The first-order chi connectivity index (χ1) is 12.5. The molecular weight excluding hydrogens is 348 g/mol. The molecule has 2 aliphatic rings. The molecule has 1 unspecified atom stereocenters. The molecule has 6 nitrogen and oxygen atoms in total. The molecule has 0 saturated heterocycles. The molecule has 0 fully saturated rings. The summed E-state index contributed by atoms with van der Waals surface area (Å²) in [6.45, 7) is 3.99. The molecule has 0 saturated carbocycles. The first-order valence-electron chi connectivity index (χ1n) is 9.23. The third kappa shape index (κ3) is 3.16. The zero-order valence-corrected chi connectivity index (χ0v) is 16.0. The van der Waals surface area contributed by atoms with Crippen molar-refractivity contribution in [2.45, 2.75) is 63.3 Å². The van der Waals surface area contributed by atoms with Gasteiger partial charge in [0.25, 0.3) is 0 Å². The van der Waals surface area contributed by atoms with Crippen LogP contribution in [0.4, 0.5) is 10.5 Å². The SMILES string of the molecule is CC(C)n1cc(S(=O)NC(=O)Nc2c3c(cc4c2CCC4)CCC3)cn1. The lowest BCUT2D eigenvalue weighted by Gasteiger charge is -2.16. The van der Waals surface area contributed by atoms with Gasteiger partial charge in [-0.15, -0.1) is 0 Å². The first kappa shape index (κ1) is 17.3. The van der Waals surface area contributed by atoms with Crippen LogP contribution in [0, 0.1) is 0 Å². The summed E-state index contributed by atoms with van der Waals surface area (Å²) in [5, 5.41) is 7.18. The molecule has 0 aliphatic heterocycles.